The van der Waals surface area contributed by atoms with Gasteiger partial charge in [0.25, 0.3) is 0 Å². The normalized spacial score (nSPS) is 17.5. The minimum Gasteiger partial charge on any atom is -0.478 e. The highest BCUT2D eigenvalue weighted by Crippen LogP contribution is 2.40. The Labute approximate surface area is 117 Å². The summed E-state index contributed by atoms with van der Waals surface area (Å²) in [5.74, 6) is -3.79. The summed E-state index contributed by atoms with van der Waals surface area (Å²) in [6, 6.07) is 2.50. The van der Waals surface area contributed by atoms with Crippen molar-refractivity contribution in [3.05, 3.63) is 29.3 Å². The van der Waals surface area contributed by atoms with Crippen LogP contribution in [0.5, 0.6) is 0 Å². The first-order valence-electron chi connectivity index (χ1n) is 6.90. The highest BCUT2D eigenvalue weighted by atomic mass is 19.2. The van der Waals surface area contributed by atoms with Crippen molar-refractivity contribution in [1.82, 2.24) is 0 Å². The first-order valence-corrected chi connectivity index (χ1v) is 6.90. The Bertz CT molecular complexity index is 527. The Morgan fingerprint density at radius 1 is 1.30 bits per heavy atom. The fourth-order valence-corrected chi connectivity index (χ4v) is 2.92. The van der Waals surface area contributed by atoms with Gasteiger partial charge in [-0.2, -0.15) is 0 Å². The summed E-state index contributed by atoms with van der Waals surface area (Å²) >= 11 is 0. The molecule has 0 atom stereocenters. The molecule has 1 aromatic carbocycles. The van der Waals surface area contributed by atoms with Crippen molar-refractivity contribution in [3.63, 3.8) is 0 Å². The van der Waals surface area contributed by atoms with Gasteiger partial charge in [-0.3, -0.25) is 0 Å². The number of carboxylic acids is 1. The molecule has 20 heavy (non-hydrogen) atoms. The average molecular weight is 283 g/mol. The van der Waals surface area contributed by atoms with E-state index in [4.69, 9.17) is 5.11 Å². The Morgan fingerprint density at radius 3 is 2.45 bits per heavy atom. The van der Waals surface area contributed by atoms with Crippen LogP contribution >= 0.6 is 0 Å². The van der Waals surface area contributed by atoms with Gasteiger partial charge in [-0.05, 0) is 36.8 Å². The molecule has 0 bridgehead atoms. The summed E-state index contributed by atoms with van der Waals surface area (Å²) in [7, 11) is 0. The molecule has 0 radical (unpaired) electrons. The molecule has 0 saturated carbocycles. The summed E-state index contributed by atoms with van der Waals surface area (Å²) < 4.78 is 27.8. The van der Waals surface area contributed by atoms with Crippen LogP contribution in [0.15, 0.2) is 12.1 Å². The molecule has 1 aliphatic heterocycles. The summed E-state index contributed by atoms with van der Waals surface area (Å²) in [6.45, 7) is 5.57. The molecule has 1 heterocycles. The van der Waals surface area contributed by atoms with E-state index in [1.165, 1.54) is 6.07 Å². The topological polar surface area (TPSA) is 40.5 Å². The lowest BCUT2D eigenvalue weighted by Gasteiger charge is -2.27. The molecular formula is C15H19F2NO2. The zero-order chi connectivity index (χ0) is 14.9. The van der Waals surface area contributed by atoms with Crippen LogP contribution in [-0.2, 0) is 0 Å². The quantitative estimate of drug-likeness (QED) is 0.916. The molecule has 1 fully saturated rings. The lowest BCUT2D eigenvalue weighted by Crippen LogP contribution is -2.27. The number of anilines is 1. The summed E-state index contributed by atoms with van der Waals surface area (Å²) in [5, 5.41) is 8.79. The van der Waals surface area contributed by atoms with Gasteiger partial charge in [0, 0.05) is 13.1 Å². The van der Waals surface area contributed by atoms with Crippen LogP contribution in [0.3, 0.4) is 0 Å². The van der Waals surface area contributed by atoms with E-state index >= 15 is 0 Å². The van der Waals surface area contributed by atoms with Gasteiger partial charge in [0.05, 0.1) is 11.3 Å². The second kappa shape index (κ2) is 5.38. The molecule has 1 N–H and O–H groups in total. The summed E-state index contributed by atoms with van der Waals surface area (Å²) in [6.07, 6.45) is 2.94. The fraction of sp³-hybridized carbons (Fsp3) is 0.533. The second-order valence-corrected chi connectivity index (χ2v) is 5.44. The second-order valence-electron chi connectivity index (χ2n) is 5.44. The van der Waals surface area contributed by atoms with Gasteiger partial charge >= 0.3 is 5.97 Å². The molecule has 1 aromatic rings. The van der Waals surface area contributed by atoms with Gasteiger partial charge in [-0.1, -0.05) is 13.8 Å². The Morgan fingerprint density at radius 2 is 1.95 bits per heavy atom. The predicted octanol–water partition coefficient (Wildman–Crippen LogP) is 3.68. The van der Waals surface area contributed by atoms with Crippen LogP contribution in [0.1, 0.15) is 43.5 Å². The molecule has 3 nitrogen and oxygen atoms in total. The standard InChI is InChI=1S/C15H19F2NO2/c1-3-15(4-2)7-8-18(9-15)11-6-5-10(14(19)20)12(16)13(11)17/h5-6H,3-4,7-9H2,1-2H3,(H,19,20). The number of rotatable bonds is 4. The van der Waals surface area contributed by atoms with E-state index in [9.17, 15) is 13.6 Å². The van der Waals surface area contributed by atoms with E-state index in [-0.39, 0.29) is 11.1 Å². The van der Waals surface area contributed by atoms with Gasteiger partial charge in [0.2, 0.25) is 0 Å². The third-order valence-corrected chi connectivity index (χ3v) is 4.57. The van der Waals surface area contributed by atoms with Gasteiger partial charge in [0.1, 0.15) is 0 Å². The van der Waals surface area contributed by atoms with Crippen molar-refractivity contribution in [3.8, 4) is 0 Å². The van der Waals surface area contributed by atoms with Crippen molar-refractivity contribution in [2.75, 3.05) is 18.0 Å². The van der Waals surface area contributed by atoms with Crippen LogP contribution in [0, 0.1) is 17.0 Å². The van der Waals surface area contributed by atoms with Crippen molar-refractivity contribution in [2.45, 2.75) is 33.1 Å². The van der Waals surface area contributed by atoms with Crippen LogP contribution in [0.4, 0.5) is 14.5 Å². The number of halogens is 2. The molecule has 0 aromatic heterocycles. The predicted molar refractivity (Wildman–Crippen MR) is 73.2 cm³/mol. The molecule has 2 rings (SSSR count). The molecule has 0 aliphatic carbocycles. The van der Waals surface area contributed by atoms with Crippen LogP contribution in [0.2, 0.25) is 0 Å². The Hall–Kier alpha value is -1.65. The minimum absolute atomic E-state index is 0.147. The summed E-state index contributed by atoms with van der Waals surface area (Å²) in [4.78, 5) is 12.6. The molecule has 0 amide bonds. The molecule has 5 heteroatoms. The Kier molecular flexibility index (Phi) is 3.97. The Balaban J connectivity index is 2.32. The van der Waals surface area contributed by atoms with E-state index in [2.05, 4.69) is 13.8 Å². The average Bonchev–Trinajstić information content (AvgIpc) is 2.86. The minimum atomic E-state index is -1.45. The van der Waals surface area contributed by atoms with Crippen LogP contribution in [-0.4, -0.2) is 24.2 Å². The van der Waals surface area contributed by atoms with E-state index in [1.54, 1.807) is 0 Å². The van der Waals surface area contributed by atoms with Gasteiger partial charge in [-0.25, -0.2) is 13.6 Å². The van der Waals surface area contributed by atoms with Crippen molar-refractivity contribution >= 4 is 11.7 Å². The zero-order valence-electron chi connectivity index (χ0n) is 11.7. The SMILES string of the molecule is CCC1(CC)CCN(c2ccc(C(=O)O)c(F)c2F)C1. The lowest BCUT2D eigenvalue weighted by atomic mass is 9.82. The molecule has 1 saturated heterocycles. The number of carboxylic acid groups (broad SMARTS) is 1. The van der Waals surface area contributed by atoms with E-state index in [1.807, 2.05) is 4.90 Å². The highest BCUT2D eigenvalue weighted by Gasteiger charge is 2.36. The van der Waals surface area contributed by atoms with Crippen LogP contribution < -0.4 is 4.90 Å². The molecule has 1 aliphatic rings. The summed E-state index contributed by atoms with van der Waals surface area (Å²) in [5.41, 5.74) is -0.312. The van der Waals surface area contributed by atoms with Crippen LogP contribution in [0.25, 0.3) is 0 Å². The maximum absolute atomic E-state index is 14.1. The maximum Gasteiger partial charge on any atom is 0.338 e. The molecular weight excluding hydrogens is 264 g/mol. The lowest BCUT2D eigenvalue weighted by molar-refractivity contribution is 0.0690. The van der Waals surface area contributed by atoms with Crippen molar-refractivity contribution in [2.24, 2.45) is 5.41 Å². The molecule has 0 unspecified atom stereocenters. The van der Waals surface area contributed by atoms with Gasteiger partial charge in [0.15, 0.2) is 11.6 Å². The number of benzene rings is 1. The van der Waals surface area contributed by atoms with Crippen molar-refractivity contribution < 1.29 is 18.7 Å². The third kappa shape index (κ3) is 2.37. The number of aromatic carboxylic acids is 1. The number of hydrogen-bond acceptors (Lipinski definition) is 2. The van der Waals surface area contributed by atoms with Gasteiger partial charge < -0.3 is 10.0 Å². The van der Waals surface area contributed by atoms with E-state index in [0.717, 1.165) is 25.3 Å². The monoisotopic (exact) mass is 283 g/mol. The number of carbonyl (C=O) groups is 1. The molecule has 110 valence electrons. The largest absolute Gasteiger partial charge is 0.478 e. The number of hydrogen-bond donors (Lipinski definition) is 1. The fourth-order valence-electron chi connectivity index (χ4n) is 2.92. The maximum atomic E-state index is 14.1. The van der Waals surface area contributed by atoms with Crippen molar-refractivity contribution in [1.29, 1.82) is 0 Å². The van der Waals surface area contributed by atoms with E-state index in [0.29, 0.717) is 13.1 Å². The third-order valence-electron chi connectivity index (χ3n) is 4.57. The smallest absolute Gasteiger partial charge is 0.338 e. The van der Waals surface area contributed by atoms with E-state index < -0.39 is 23.2 Å². The first-order chi connectivity index (χ1) is 9.44. The zero-order valence-corrected chi connectivity index (χ0v) is 11.7. The molecule has 0 spiro atoms. The first kappa shape index (κ1) is 14.8. The van der Waals surface area contributed by atoms with Gasteiger partial charge in [-0.15, -0.1) is 0 Å². The number of nitrogens with zero attached hydrogens (tertiary/aromatic N) is 1. The highest BCUT2D eigenvalue weighted by molar-refractivity contribution is 5.88.